The molecule has 0 aliphatic carbocycles. The maximum absolute atomic E-state index is 11.9. The van der Waals surface area contributed by atoms with Crippen molar-refractivity contribution in [3.8, 4) is 0 Å². The van der Waals surface area contributed by atoms with Crippen LogP contribution in [0.1, 0.15) is 24.1 Å². The molecule has 1 heterocycles. The Hall–Kier alpha value is -0.960. The summed E-state index contributed by atoms with van der Waals surface area (Å²) in [5.74, 6) is 0.849. The third-order valence-electron chi connectivity index (χ3n) is 3.18. The van der Waals surface area contributed by atoms with Crippen LogP contribution in [0.4, 0.5) is 0 Å². The van der Waals surface area contributed by atoms with Crippen LogP contribution in [-0.4, -0.2) is 29.4 Å². The summed E-state index contributed by atoms with van der Waals surface area (Å²) in [6.07, 6.45) is 2.96. The molecule has 2 rings (SSSR count). The monoisotopic (exact) mass is 235 g/mol. The van der Waals surface area contributed by atoms with Crippen molar-refractivity contribution in [3.63, 3.8) is 0 Å². The topological polar surface area (TPSA) is 20.3 Å². The molecule has 0 N–H and O–H groups in total. The van der Waals surface area contributed by atoms with Gasteiger partial charge in [-0.2, -0.15) is 11.8 Å². The van der Waals surface area contributed by atoms with E-state index in [1.54, 1.807) is 11.8 Å². The van der Waals surface area contributed by atoms with Gasteiger partial charge in [-0.15, -0.1) is 0 Å². The molecule has 1 aromatic carbocycles. The van der Waals surface area contributed by atoms with E-state index in [9.17, 15) is 4.79 Å². The van der Waals surface area contributed by atoms with Gasteiger partial charge in [0.25, 0.3) is 0 Å². The lowest BCUT2D eigenvalue weighted by Gasteiger charge is -2.35. The van der Waals surface area contributed by atoms with Gasteiger partial charge in [-0.05, 0) is 30.7 Å². The normalized spacial score (nSPS) is 19.4. The van der Waals surface area contributed by atoms with E-state index in [-0.39, 0.29) is 11.9 Å². The van der Waals surface area contributed by atoms with Gasteiger partial charge in [0.15, 0.2) is 0 Å². The molecule has 1 aliphatic rings. The van der Waals surface area contributed by atoms with Crippen LogP contribution in [0.2, 0.25) is 0 Å². The zero-order chi connectivity index (χ0) is 11.5. The average molecular weight is 235 g/mol. The van der Waals surface area contributed by atoms with Gasteiger partial charge in [-0.3, -0.25) is 4.79 Å². The summed E-state index contributed by atoms with van der Waals surface area (Å²) in [5.41, 5.74) is 2.70. The molecule has 1 aromatic rings. The van der Waals surface area contributed by atoms with Crippen LogP contribution in [0.3, 0.4) is 0 Å². The molecule has 3 heteroatoms. The Morgan fingerprint density at radius 2 is 2.25 bits per heavy atom. The first-order chi connectivity index (χ1) is 7.74. The molecule has 86 valence electrons. The van der Waals surface area contributed by atoms with E-state index in [1.165, 1.54) is 11.1 Å². The first kappa shape index (κ1) is 11.5. The summed E-state index contributed by atoms with van der Waals surface area (Å²) in [7, 11) is 0. The minimum absolute atomic E-state index is 0.226. The number of benzene rings is 1. The highest BCUT2D eigenvalue weighted by Crippen LogP contribution is 2.29. The summed E-state index contributed by atoms with van der Waals surface area (Å²) in [4.78, 5) is 13.9. The number of amides is 1. The summed E-state index contributed by atoms with van der Waals surface area (Å²) in [6, 6.07) is 8.66. The maximum atomic E-state index is 11.9. The highest BCUT2D eigenvalue weighted by Gasteiger charge is 2.26. The van der Waals surface area contributed by atoms with Gasteiger partial charge in [0.05, 0.1) is 11.8 Å². The van der Waals surface area contributed by atoms with Crippen molar-refractivity contribution < 1.29 is 4.79 Å². The Bertz CT molecular complexity index is 391. The first-order valence-electron chi connectivity index (χ1n) is 5.60. The van der Waals surface area contributed by atoms with Crippen LogP contribution in [0.15, 0.2) is 24.3 Å². The zero-order valence-corrected chi connectivity index (χ0v) is 10.6. The van der Waals surface area contributed by atoms with Crippen LogP contribution in [-0.2, 0) is 11.2 Å². The Morgan fingerprint density at radius 1 is 1.50 bits per heavy atom. The number of fused-ring (bicyclic) bond motifs is 1. The molecule has 0 radical (unpaired) electrons. The van der Waals surface area contributed by atoms with E-state index in [1.807, 2.05) is 11.2 Å². The van der Waals surface area contributed by atoms with E-state index in [4.69, 9.17) is 0 Å². The van der Waals surface area contributed by atoms with Crippen molar-refractivity contribution in [1.82, 2.24) is 4.90 Å². The highest BCUT2D eigenvalue weighted by atomic mass is 32.2. The predicted octanol–water partition coefficient (Wildman–Crippen LogP) is 2.50. The number of carbonyl (C=O) groups excluding carboxylic acids is 1. The van der Waals surface area contributed by atoms with Crippen molar-refractivity contribution in [2.24, 2.45) is 0 Å². The number of hydrogen-bond acceptors (Lipinski definition) is 2. The van der Waals surface area contributed by atoms with Crippen LogP contribution < -0.4 is 0 Å². The van der Waals surface area contributed by atoms with E-state index in [2.05, 4.69) is 31.2 Å². The van der Waals surface area contributed by atoms with Gasteiger partial charge < -0.3 is 4.90 Å². The summed E-state index contributed by atoms with van der Waals surface area (Å²) < 4.78 is 0. The molecule has 1 atom stereocenters. The van der Waals surface area contributed by atoms with Gasteiger partial charge in [0.1, 0.15) is 0 Å². The van der Waals surface area contributed by atoms with Crippen LogP contribution >= 0.6 is 11.8 Å². The standard InChI is InChI=1S/C13H17NOS/c1-10-12-6-4-3-5-11(12)7-8-14(10)13(15)9-16-2/h3-6,10H,7-9H2,1-2H3. The Balaban J connectivity index is 2.21. The maximum Gasteiger partial charge on any atom is 0.233 e. The van der Waals surface area contributed by atoms with E-state index in [0.717, 1.165) is 13.0 Å². The fraction of sp³-hybridized carbons (Fsp3) is 0.462. The van der Waals surface area contributed by atoms with Crippen molar-refractivity contribution >= 4 is 17.7 Å². The fourth-order valence-electron chi connectivity index (χ4n) is 2.32. The molecular weight excluding hydrogens is 218 g/mol. The Morgan fingerprint density at radius 3 is 3.00 bits per heavy atom. The molecule has 0 spiro atoms. The van der Waals surface area contributed by atoms with Crippen molar-refractivity contribution in [1.29, 1.82) is 0 Å². The first-order valence-corrected chi connectivity index (χ1v) is 6.99. The smallest absolute Gasteiger partial charge is 0.233 e. The Labute approximate surface area is 101 Å². The van der Waals surface area contributed by atoms with E-state index in [0.29, 0.717) is 5.75 Å². The molecule has 16 heavy (non-hydrogen) atoms. The molecule has 0 aromatic heterocycles. The van der Waals surface area contributed by atoms with Gasteiger partial charge >= 0.3 is 0 Å². The minimum Gasteiger partial charge on any atom is -0.335 e. The van der Waals surface area contributed by atoms with E-state index >= 15 is 0 Å². The summed E-state index contributed by atoms with van der Waals surface area (Å²) in [6.45, 7) is 2.98. The van der Waals surface area contributed by atoms with Crippen molar-refractivity contribution in [3.05, 3.63) is 35.4 Å². The summed E-state index contributed by atoms with van der Waals surface area (Å²) in [5, 5.41) is 0. The second-order valence-electron chi connectivity index (χ2n) is 4.14. The molecule has 1 aliphatic heterocycles. The lowest BCUT2D eigenvalue weighted by atomic mass is 9.94. The number of nitrogens with zero attached hydrogens (tertiary/aromatic N) is 1. The second-order valence-corrected chi connectivity index (χ2v) is 5.01. The molecule has 0 bridgehead atoms. The van der Waals surface area contributed by atoms with Crippen molar-refractivity contribution in [2.45, 2.75) is 19.4 Å². The molecule has 0 saturated heterocycles. The molecule has 0 fully saturated rings. The Kier molecular flexibility index (Phi) is 3.54. The largest absolute Gasteiger partial charge is 0.335 e. The molecular formula is C13H17NOS. The SMILES string of the molecule is CSCC(=O)N1CCc2ccccc2C1C. The number of rotatable bonds is 2. The van der Waals surface area contributed by atoms with Gasteiger partial charge in [0, 0.05) is 6.54 Å². The van der Waals surface area contributed by atoms with Crippen LogP contribution in [0, 0.1) is 0 Å². The van der Waals surface area contributed by atoms with Crippen LogP contribution in [0.5, 0.6) is 0 Å². The zero-order valence-electron chi connectivity index (χ0n) is 9.77. The molecule has 2 nitrogen and oxygen atoms in total. The number of hydrogen-bond donors (Lipinski definition) is 0. The summed E-state index contributed by atoms with van der Waals surface area (Å²) >= 11 is 1.60. The fourth-order valence-corrected chi connectivity index (χ4v) is 2.73. The lowest BCUT2D eigenvalue weighted by molar-refractivity contribution is -0.130. The molecule has 0 saturated carbocycles. The predicted molar refractivity (Wildman–Crippen MR) is 68.7 cm³/mol. The second kappa shape index (κ2) is 4.91. The minimum atomic E-state index is 0.226. The van der Waals surface area contributed by atoms with Gasteiger partial charge in [-0.1, -0.05) is 24.3 Å². The molecule has 1 amide bonds. The quantitative estimate of drug-likeness (QED) is 0.785. The third-order valence-corrected chi connectivity index (χ3v) is 3.72. The van der Waals surface area contributed by atoms with Gasteiger partial charge in [0.2, 0.25) is 5.91 Å². The number of carbonyl (C=O) groups is 1. The average Bonchev–Trinajstić information content (AvgIpc) is 2.30. The highest BCUT2D eigenvalue weighted by molar-refractivity contribution is 7.99. The lowest BCUT2D eigenvalue weighted by Crippen LogP contribution is -2.39. The van der Waals surface area contributed by atoms with E-state index < -0.39 is 0 Å². The number of thioether (sulfide) groups is 1. The van der Waals surface area contributed by atoms with Gasteiger partial charge in [-0.25, -0.2) is 0 Å². The third kappa shape index (κ3) is 2.09. The van der Waals surface area contributed by atoms with Crippen LogP contribution in [0.25, 0.3) is 0 Å². The molecule has 1 unspecified atom stereocenters. The van der Waals surface area contributed by atoms with Crippen molar-refractivity contribution in [2.75, 3.05) is 18.6 Å².